The van der Waals surface area contributed by atoms with Crippen molar-refractivity contribution >= 4 is 5.69 Å². The third-order valence-corrected chi connectivity index (χ3v) is 4.59. The zero-order chi connectivity index (χ0) is 12.4. The highest BCUT2D eigenvalue weighted by Gasteiger charge is 2.28. The van der Waals surface area contributed by atoms with Crippen LogP contribution in [0.4, 0.5) is 5.69 Å². The number of piperidine rings is 1. The Labute approximate surface area is 108 Å². The summed E-state index contributed by atoms with van der Waals surface area (Å²) in [5.41, 5.74) is 1.90. The van der Waals surface area contributed by atoms with Crippen molar-refractivity contribution in [2.45, 2.75) is 44.1 Å². The van der Waals surface area contributed by atoms with Gasteiger partial charge in [0, 0.05) is 6.04 Å². The van der Waals surface area contributed by atoms with Gasteiger partial charge in [-0.1, -0.05) is 18.6 Å². The van der Waals surface area contributed by atoms with E-state index in [9.17, 15) is 4.91 Å². The first-order valence-electron chi connectivity index (χ1n) is 7.04. The summed E-state index contributed by atoms with van der Waals surface area (Å²) in [7, 11) is 0. The first-order chi connectivity index (χ1) is 8.86. The van der Waals surface area contributed by atoms with Crippen molar-refractivity contribution in [1.82, 2.24) is 4.90 Å². The maximum absolute atomic E-state index is 10.4. The molecule has 0 radical (unpaired) electrons. The minimum atomic E-state index is 0.533. The molecular weight excluding hydrogens is 224 g/mol. The molecule has 96 valence electrons. The van der Waals surface area contributed by atoms with Crippen molar-refractivity contribution in [3.05, 3.63) is 34.7 Å². The fraction of sp³-hybridized carbons (Fsp3) is 0.600. The summed E-state index contributed by atoms with van der Waals surface area (Å²) < 4.78 is 0. The second kappa shape index (κ2) is 5.19. The fourth-order valence-electron chi connectivity index (χ4n) is 3.16. The highest BCUT2D eigenvalue weighted by molar-refractivity contribution is 5.39. The van der Waals surface area contributed by atoms with Gasteiger partial charge < -0.3 is 4.90 Å². The van der Waals surface area contributed by atoms with Crippen molar-refractivity contribution in [2.75, 3.05) is 13.1 Å². The van der Waals surface area contributed by atoms with Crippen molar-refractivity contribution in [2.24, 2.45) is 5.18 Å². The largest absolute Gasteiger partial charge is 0.300 e. The summed E-state index contributed by atoms with van der Waals surface area (Å²) in [5, 5.41) is 2.95. The molecule has 1 saturated heterocycles. The molecule has 2 aliphatic rings. The molecular formula is C15H20N2O. The average molecular weight is 244 g/mol. The molecule has 0 spiro atoms. The van der Waals surface area contributed by atoms with Crippen LogP contribution in [0.1, 0.15) is 43.6 Å². The Kier molecular flexibility index (Phi) is 3.41. The molecule has 0 bridgehead atoms. The van der Waals surface area contributed by atoms with Crippen LogP contribution in [0.25, 0.3) is 0 Å². The number of rotatable bonds is 3. The lowest BCUT2D eigenvalue weighted by atomic mass is 9.85. The van der Waals surface area contributed by atoms with Crippen LogP contribution < -0.4 is 0 Å². The molecule has 1 aromatic carbocycles. The van der Waals surface area contributed by atoms with E-state index in [0.717, 1.165) is 6.04 Å². The van der Waals surface area contributed by atoms with Crippen LogP contribution in [-0.4, -0.2) is 24.0 Å². The molecule has 0 aromatic heterocycles. The van der Waals surface area contributed by atoms with E-state index in [-0.39, 0.29) is 0 Å². The van der Waals surface area contributed by atoms with Crippen molar-refractivity contribution in [3.63, 3.8) is 0 Å². The number of hydrogen-bond acceptors (Lipinski definition) is 3. The van der Waals surface area contributed by atoms with Gasteiger partial charge in [-0.3, -0.25) is 0 Å². The molecule has 3 nitrogen and oxygen atoms in total. The third-order valence-electron chi connectivity index (χ3n) is 4.59. The predicted octanol–water partition coefficient (Wildman–Crippen LogP) is 3.82. The molecule has 1 saturated carbocycles. The molecule has 3 heteroatoms. The van der Waals surface area contributed by atoms with Crippen LogP contribution in [0, 0.1) is 4.91 Å². The summed E-state index contributed by atoms with van der Waals surface area (Å²) >= 11 is 0. The predicted molar refractivity (Wildman–Crippen MR) is 73.1 cm³/mol. The minimum Gasteiger partial charge on any atom is -0.300 e. The average Bonchev–Trinajstić information content (AvgIpc) is 2.38. The maximum Gasteiger partial charge on any atom is 0.108 e. The molecule has 0 N–H and O–H groups in total. The van der Waals surface area contributed by atoms with Gasteiger partial charge in [0.05, 0.1) is 0 Å². The summed E-state index contributed by atoms with van der Waals surface area (Å²) in [4.78, 5) is 13.1. The quantitative estimate of drug-likeness (QED) is 0.757. The van der Waals surface area contributed by atoms with Crippen molar-refractivity contribution in [3.8, 4) is 0 Å². The lowest BCUT2D eigenvalue weighted by Gasteiger charge is -2.41. The summed E-state index contributed by atoms with van der Waals surface area (Å²) in [6, 6.07) is 8.69. The van der Waals surface area contributed by atoms with Gasteiger partial charge in [-0.05, 0) is 67.6 Å². The maximum atomic E-state index is 10.4. The number of likely N-dealkylation sites (tertiary alicyclic amines) is 1. The van der Waals surface area contributed by atoms with E-state index in [0.29, 0.717) is 11.6 Å². The standard InChI is InChI=1S/C15H20N2O/c18-16-14-6-4-12(5-7-14)13-8-10-17(11-9-13)15-2-1-3-15/h4-7,13,15H,1-3,8-11H2. The van der Waals surface area contributed by atoms with Gasteiger partial charge in [-0.15, -0.1) is 4.91 Å². The molecule has 1 aliphatic carbocycles. The summed E-state index contributed by atoms with van der Waals surface area (Å²) in [6.07, 6.45) is 6.74. The Balaban J connectivity index is 1.59. The van der Waals surface area contributed by atoms with Crippen LogP contribution in [0.2, 0.25) is 0 Å². The van der Waals surface area contributed by atoms with Crippen molar-refractivity contribution in [1.29, 1.82) is 0 Å². The van der Waals surface area contributed by atoms with Gasteiger partial charge in [0.25, 0.3) is 0 Å². The lowest BCUT2D eigenvalue weighted by molar-refractivity contribution is 0.0975. The third kappa shape index (κ3) is 2.32. The minimum absolute atomic E-state index is 0.533. The second-order valence-electron chi connectivity index (χ2n) is 5.58. The van der Waals surface area contributed by atoms with Crippen LogP contribution in [0.5, 0.6) is 0 Å². The number of nitrogens with zero attached hydrogens (tertiary/aromatic N) is 2. The zero-order valence-electron chi connectivity index (χ0n) is 10.7. The van der Waals surface area contributed by atoms with Gasteiger partial charge in [0.15, 0.2) is 0 Å². The molecule has 3 rings (SSSR count). The molecule has 1 aliphatic heterocycles. The first-order valence-corrected chi connectivity index (χ1v) is 7.04. The Morgan fingerprint density at radius 1 is 1.00 bits per heavy atom. The normalized spacial score (nSPS) is 22.7. The van der Waals surface area contributed by atoms with Gasteiger partial charge >= 0.3 is 0 Å². The van der Waals surface area contributed by atoms with Gasteiger partial charge in [-0.25, -0.2) is 0 Å². The lowest BCUT2D eigenvalue weighted by Crippen LogP contribution is -2.44. The van der Waals surface area contributed by atoms with Gasteiger partial charge in [0.1, 0.15) is 5.69 Å². The number of nitroso groups, excluding NO2 is 1. The molecule has 2 fully saturated rings. The molecule has 0 atom stereocenters. The van der Waals surface area contributed by atoms with E-state index in [1.807, 2.05) is 12.1 Å². The van der Waals surface area contributed by atoms with Gasteiger partial charge in [-0.2, -0.15) is 0 Å². The summed E-state index contributed by atoms with van der Waals surface area (Å²) in [6.45, 7) is 2.48. The van der Waals surface area contributed by atoms with Crippen molar-refractivity contribution < 1.29 is 0 Å². The van der Waals surface area contributed by atoms with E-state index in [1.54, 1.807) is 0 Å². The fourth-order valence-corrected chi connectivity index (χ4v) is 3.16. The SMILES string of the molecule is O=Nc1ccc(C2CCN(C3CCC3)CC2)cc1. The zero-order valence-corrected chi connectivity index (χ0v) is 10.7. The molecule has 1 aromatic rings. The van der Waals surface area contributed by atoms with E-state index in [2.05, 4.69) is 22.2 Å². The van der Waals surface area contributed by atoms with Crippen LogP contribution in [0.15, 0.2) is 29.4 Å². The van der Waals surface area contributed by atoms with E-state index in [4.69, 9.17) is 0 Å². The Morgan fingerprint density at radius 2 is 1.67 bits per heavy atom. The van der Waals surface area contributed by atoms with Crippen LogP contribution in [0.3, 0.4) is 0 Å². The number of hydrogen-bond donors (Lipinski definition) is 0. The Morgan fingerprint density at radius 3 is 2.17 bits per heavy atom. The molecule has 0 amide bonds. The second-order valence-corrected chi connectivity index (χ2v) is 5.58. The first kappa shape index (κ1) is 11.8. The topological polar surface area (TPSA) is 32.7 Å². The number of benzene rings is 1. The molecule has 18 heavy (non-hydrogen) atoms. The summed E-state index contributed by atoms with van der Waals surface area (Å²) in [5.74, 6) is 0.669. The van der Waals surface area contributed by atoms with Gasteiger partial charge in [0.2, 0.25) is 0 Å². The monoisotopic (exact) mass is 244 g/mol. The highest BCUT2D eigenvalue weighted by atomic mass is 16.3. The van der Waals surface area contributed by atoms with Crippen LogP contribution >= 0.6 is 0 Å². The Hall–Kier alpha value is -1.22. The smallest absolute Gasteiger partial charge is 0.108 e. The molecule has 1 heterocycles. The highest BCUT2D eigenvalue weighted by Crippen LogP contribution is 2.33. The van der Waals surface area contributed by atoms with E-state index in [1.165, 1.54) is 50.8 Å². The van der Waals surface area contributed by atoms with E-state index < -0.39 is 0 Å². The molecule has 0 unspecified atom stereocenters. The Bertz CT molecular complexity index is 403. The van der Waals surface area contributed by atoms with Crippen LogP contribution in [-0.2, 0) is 0 Å². The van der Waals surface area contributed by atoms with E-state index >= 15 is 0 Å².